The van der Waals surface area contributed by atoms with Crippen molar-refractivity contribution in [2.75, 3.05) is 26.0 Å². The summed E-state index contributed by atoms with van der Waals surface area (Å²) in [6.07, 6.45) is 1.16. The molecule has 0 saturated carbocycles. The van der Waals surface area contributed by atoms with Gasteiger partial charge < -0.3 is 9.47 Å². The van der Waals surface area contributed by atoms with E-state index in [0.29, 0.717) is 46.6 Å². The molecule has 0 atom stereocenters. The van der Waals surface area contributed by atoms with Gasteiger partial charge in [-0.25, -0.2) is 39.4 Å². The zero-order valence-corrected chi connectivity index (χ0v) is 30.2. The van der Waals surface area contributed by atoms with Gasteiger partial charge in [0.15, 0.2) is 0 Å². The first-order chi connectivity index (χ1) is 23.8. The Kier molecular flexibility index (Phi) is 13.7. The van der Waals surface area contributed by atoms with Gasteiger partial charge in [-0.3, -0.25) is 4.79 Å². The van der Waals surface area contributed by atoms with E-state index < -0.39 is 42.6 Å². The Morgan fingerprint density at radius 2 is 1.30 bits per heavy atom. The van der Waals surface area contributed by atoms with Crippen molar-refractivity contribution in [2.45, 2.75) is 43.5 Å². The van der Waals surface area contributed by atoms with Crippen LogP contribution < -0.4 is 18.9 Å². The molecule has 3 N–H and O–H groups in total. The predicted octanol–water partition coefficient (Wildman–Crippen LogP) is 3.88. The third-order valence-corrected chi connectivity index (χ3v) is 11.6. The molecule has 4 aromatic carbocycles. The number of aryl methyl sites for hydroxylation is 1. The van der Waals surface area contributed by atoms with Crippen LogP contribution in [-0.4, -0.2) is 57.2 Å². The maximum atomic E-state index is 13.6. The first-order valence-electron chi connectivity index (χ1n) is 15.8. The number of ether oxygens (including phenoxy) is 2. The fourth-order valence-electron chi connectivity index (χ4n) is 4.76. The van der Waals surface area contributed by atoms with Crippen molar-refractivity contribution in [1.29, 1.82) is 0 Å². The van der Waals surface area contributed by atoms with E-state index in [4.69, 9.17) is 4.74 Å². The summed E-state index contributed by atoms with van der Waals surface area (Å²) < 4.78 is 94.6. The molecule has 4 rings (SSSR count). The summed E-state index contributed by atoms with van der Waals surface area (Å²) in [5.74, 6) is -0.626. The van der Waals surface area contributed by atoms with Crippen molar-refractivity contribution < 1.29 is 39.5 Å². The lowest BCUT2D eigenvalue weighted by molar-refractivity contribution is -0.139. The quantitative estimate of drug-likeness (QED) is 0.121. The van der Waals surface area contributed by atoms with Crippen LogP contribution in [0.15, 0.2) is 102 Å². The van der Waals surface area contributed by atoms with E-state index in [9.17, 15) is 30.0 Å². The molecular formula is C35H41N3O9S3. The van der Waals surface area contributed by atoms with Gasteiger partial charge in [0, 0.05) is 18.7 Å². The average Bonchev–Trinajstić information content (AvgIpc) is 3.11. The molecule has 0 aromatic heterocycles. The van der Waals surface area contributed by atoms with Crippen LogP contribution in [0.2, 0.25) is 0 Å². The second kappa shape index (κ2) is 17.7. The molecule has 0 fully saturated rings. The first kappa shape index (κ1) is 38.7. The lowest BCUT2D eigenvalue weighted by Gasteiger charge is -2.15. The van der Waals surface area contributed by atoms with Gasteiger partial charge in [0.2, 0.25) is 30.1 Å². The minimum absolute atomic E-state index is 0.0232. The zero-order valence-electron chi connectivity index (χ0n) is 27.8. The molecule has 4 aromatic rings. The maximum Gasteiger partial charge on any atom is 0.320 e. The minimum Gasteiger partial charge on any atom is -0.494 e. The van der Waals surface area contributed by atoms with Crippen molar-refractivity contribution in [3.05, 3.63) is 119 Å². The molecule has 12 nitrogen and oxygen atoms in total. The van der Waals surface area contributed by atoms with Gasteiger partial charge in [0.1, 0.15) is 12.3 Å². The van der Waals surface area contributed by atoms with Crippen LogP contribution in [0.5, 0.6) is 5.75 Å². The molecule has 0 heterocycles. The molecule has 0 spiro atoms. The molecule has 0 amide bonds. The molecule has 0 unspecified atom stereocenters. The minimum atomic E-state index is -4.05. The fraction of sp³-hybridized carbons (Fsp3) is 0.286. The number of esters is 1. The summed E-state index contributed by atoms with van der Waals surface area (Å²) in [7, 11) is -10.2. The van der Waals surface area contributed by atoms with Crippen molar-refractivity contribution in [1.82, 2.24) is 14.2 Å². The number of nitrogens with one attached hydrogen (secondary N) is 3. The van der Waals surface area contributed by atoms with Crippen LogP contribution in [0.25, 0.3) is 11.1 Å². The van der Waals surface area contributed by atoms with Gasteiger partial charge in [0.25, 0.3) is 0 Å². The highest BCUT2D eigenvalue weighted by atomic mass is 32.2. The van der Waals surface area contributed by atoms with Crippen LogP contribution in [0.1, 0.15) is 35.6 Å². The van der Waals surface area contributed by atoms with Crippen LogP contribution in [0.3, 0.4) is 0 Å². The molecule has 0 bridgehead atoms. The van der Waals surface area contributed by atoms with Gasteiger partial charge in [0.05, 0.1) is 30.1 Å². The Hall–Kier alpha value is -4.12. The second-order valence-corrected chi connectivity index (χ2v) is 16.8. The van der Waals surface area contributed by atoms with E-state index in [1.165, 1.54) is 6.07 Å². The Labute approximate surface area is 294 Å². The normalized spacial score (nSPS) is 12.0. The van der Waals surface area contributed by atoms with Crippen molar-refractivity contribution in [2.24, 2.45) is 0 Å². The number of carbonyl (C=O) groups is 1. The van der Waals surface area contributed by atoms with Gasteiger partial charge >= 0.3 is 5.97 Å². The number of hydrogen-bond donors (Lipinski definition) is 3. The Bertz CT molecular complexity index is 2060. The Balaban J connectivity index is 1.45. The number of rotatable bonds is 19. The maximum absolute atomic E-state index is 13.6. The highest BCUT2D eigenvalue weighted by molar-refractivity contribution is 7.90. The lowest BCUT2D eigenvalue weighted by Crippen LogP contribution is -2.31. The van der Waals surface area contributed by atoms with E-state index in [1.54, 1.807) is 60.7 Å². The molecule has 0 radical (unpaired) electrons. The molecule has 50 heavy (non-hydrogen) atoms. The molecule has 0 saturated heterocycles. The third-order valence-electron chi connectivity index (χ3n) is 7.49. The summed E-state index contributed by atoms with van der Waals surface area (Å²) in [4.78, 5) is 11.3. The summed E-state index contributed by atoms with van der Waals surface area (Å²) in [5, 5.41) is 0. The van der Waals surface area contributed by atoms with Gasteiger partial charge in [-0.1, -0.05) is 85.8 Å². The van der Waals surface area contributed by atoms with Gasteiger partial charge in [-0.15, -0.1) is 0 Å². The standard InChI is InChI=1S/C35H41N3O9S3/c1-3-20-47-32-17-18-34(50(44,45)38-24-28-9-11-30(12-10-28)26-49(42,43)37-25-35(39)46-2)33(22-32)31-15-13-29(14-16-31)23-36-48(40,41)21-19-27-7-5-4-6-8-27/h4-18,22,36-38H,3,19-21,23-26H2,1-2H3. The van der Waals surface area contributed by atoms with Crippen LogP contribution in [-0.2, 0) is 64.9 Å². The molecular weight excluding hydrogens is 703 g/mol. The number of carbonyl (C=O) groups excluding carboxylic acids is 1. The summed E-state index contributed by atoms with van der Waals surface area (Å²) in [5.41, 5.74) is 3.67. The van der Waals surface area contributed by atoms with Crippen molar-refractivity contribution >= 4 is 36.0 Å². The van der Waals surface area contributed by atoms with E-state index in [-0.39, 0.29) is 29.5 Å². The van der Waals surface area contributed by atoms with E-state index in [1.807, 2.05) is 37.3 Å². The lowest BCUT2D eigenvalue weighted by atomic mass is 10.0. The topological polar surface area (TPSA) is 174 Å². The number of sulfonamides is 3. The molecule has 0 aliphatic heterocycles. The second-order valence-electron chi connectivity index (χ2n) is 11.4. The highest BCUT2D eigenvalue weighted by Crippen LogP contribution is 2.32. The van der Waals surface area contributed by atoms with Crippen LogP contribution in [0.4, 0.5) is 0 Å². The summed E-state index contributed by atoms with van der Waals surface area (Å²) in [6, 6.07) is 27.4. The van der Waals surface area contributed by atoms with E-state index in [0.717, 1.165) is 19.1 Å². The number of methoxy groups -OCH3 is 1. The molecule has 268 valence electrons. The fourth-order valence-corrected chi connectivity index (χ4v) is 8.10. The summed E-state index contributed by atoms with van der Waals surface area (Å²) >= 11 is 0. The monoisotopic (exact) mass is 743 g/mol. The molecule has 15 heteroatoms. The predicted molar refractivity (Wildman–Crippen MR) is 192 cm³/mol. The van der Waals surface area contributed by atoms with E-state index >= 15 is 0 Å². The van der Waals surface area contributed by atoms with Gasteiger partial charge in [-0.2, -0.15) is 0 Å². The largest absolute Gasteiger partial charge is 0.494 e. The Morgan fingerprint density at radius 1 is 0.680 bits per heavy atom. The zero-order chi connectivity index (χ0) is 36.2. The first-order valence-corrected chi connectivity index (χ1v) is 20.6. The highest BCUT2D eigenvalue weighted by Gasteiger charge is 2.21. The third kappa shape index (κ3) is 12.0. The van der Waals surface area contributed by atoms with Gasteiger partial charge in [-0.05, 0) is 58.9 Å². The molecule has 0 aliphatic rings. The van der Waals surface area contributed by atoms with Crippen LogP contribution >= 0.6 is 0 Å². The molecule has 0 aliphatic carbocycles. The number of benzene rings is 4. The Morgan fingerprint density at radius 3 is 1.94 bits per heavy atom. The van der Waals surface area contributed by atoms with Crippen LogP contribution in [0, 0.1) is 0 Å². The summed E-state index contributed by atoms with van der Waals surface area (Å²) in [6.45, 7) is 1.95. The SMILES string of the molecule is CCCOc1ccc(S(=O)(=O)NCc2ccc(CS(=O)(=O)NCC(=O)OC)cc2)c(-c2ccc(CNS(=O)(=O)CCc3ccccc3)cc2)c1. The van der Waals surface area contributed by atoms with Crippen molar-refractivity contribution in [3.8, 4) is 16.9 Å². The van der Waals surface area contributed by atoms with Crippen molar-refractivity contribution in [3.63, 3.8) is 0 Å². The number of hydrogen-bond acceptors (Lipinski definition) is 9. The smallest absolute Gasteiger partial charge is 0.320 e. The average molecular weight is 744 g/mol. The van der Waals surface area contributed by atoms with E-state index in [2.05, 4.69) is 18.9 Å².